The normalized spacial score (nSPS) is 43.0. The van der Waals surface area contributed by atoms with Gasteiger partial charge in [-0.2, -0.15) is 0 Å². The van der Waals surface area contributed by atoms with Gasteiger partial charge in [-0.15, -0.1) is 0 Å². The zero-order valence-electron chi connectivity index (χ0n) is 21.6. The van der Waals surface area contributed by atoms with Crippen molar-refractivity contribution in [3.8, 4) is 0 Å². The van der Waals surface area contributed by atoms with E-state index in [9.17, 15) is 5.11 Å². The molecule has 0 amide bonds. The minimum absolute atomic E-state index is 0.0852. The Bertz CT molecular complexity index is 725. The van der Waals surface area contributed by atoms with E-state index in [1.54, 1.807) is 16.7 Å². The average Bonchev–Trinajstić information content (AvgIpc) is 3.05. The Labute approximate surface area is 193 Å². The number of aliphatic hydroxyl groups excluding tert-OH is 1. The average molecular weight is 427 g/mol. The fourth-order valence-electron chi connectivity index (χ4n) is 9.32. The van der Waals surface area contributed by atoms with Gasteiger partial charge in [0, 0.05) is 0 Å². The molecule has 4 aliphatic carbocycles. The number of aliphatic hydroxyl groups is 1. The van der Waals surface area contributed by atoms with Gasteiger partial charge in [0.15, 0.2) is 0 Å². The Balaban J connectivity index is 1.49. The van der Waals surface area contributed by atoms with Crippen LogP contribution in [0.5, 0.6) is 0 Å². The quantitative estimate of drug-likeness (QED) is 0.438. The number of hydrogen-bond donors (Lipinski definition) is 1. The Kier molecular flexibility index (Phi) is 6.59. The summed E-state index contributed by atoms with van der Waals surface area (Å²) in [5, 5.41) is 10.3. The molecule has 0 aromatic heterocycles. The molecule has 3 saturated carbocycles. The molecule has 8 atom stereocenters. The fraction of sp³-hybridized carbons (Fsp3) is 0.867. The zero-order chi connectivity index (χ0) is 22.6. The van der Waals surface area contributed by atoms with Crippen molar-refractivity contribution in [2.45, 2.75) is 119 Å². The van der Waals surface area contributed by atoms with Gasteiger partial charge >= 0.3 is 0 Å². The van der Waals surface area contributed by atoms with Gasteiger partial charge in [-0.1, -0.05) is 57.4 Å². The molecular weight excluding hydrogens is 376 g/mol. The minimum Gasteiger partial charge on any atom is -0.393 e. The van der Waals surface area contributed by atoms with Crippen molar-refractivity contribution in [2.75, 3.05) is 0 Å². The van der Waals surface area contributed by atoms with Crippen molar-refractivity contribution in [3.05, 3.63) is 22.8 Å². The Morgan fingerprint density at radius 2 is 1.77 bits per heavy atom. The van der Waals surface area contributed by atoms with Crippen LogP contribution in [0.25, 0.3) is 0 Å². The molecule has 0 bridgehead atoms. The predicted octanol–water partition coefficient (Wildman–Crippen LogP) is 8.34. The molecule has 4 aliphatic rings. The SMILES string of the molecule is CC(C)=C(CC[C@@H](C)[C@H]1CC[C@H]2[C@@H]3CC=C4C[C@@H](O)CC[C@]4(C)[C@H]3CC[C@]12C)C(C)C. The van der Waals surface area contributed by atoms with Gasteiger partial charge in [0.05, 0.1) is 6.10 Å². The van der Waals surface area contributed by atoms with Crippen LogP contribution >= 0.6 is 0 Å². The first-order valence-electron chi connectivity index (χ1n) is 13.6. The van der Waals surface area contributed by atoms with Crippen LogP contribution in [0.15, 0.2) is 22.8 Å². The van der Waals surface area contributed by atoms with Crippen LogP contribution in [0.1, 0.15) is 113 Å². The molecule has 1 nitrogen and oxygen atoms in total. The summed E-state index contributed by atoms with van der Waals surface area (Å²) in [6.07, 6.45) is 15.5. The van der Waals surface area contributed by atoms with E-state index in [0.29, 0.717) is 16.7 Å². The van der Waals surface area contributed by atoms with Crippen molar-refractivity contribution in [2.24, 2.45) is 46.3 Å². The number of rotatable bonds is 5. The second-order valence-corrected chi connectivity index (χ2v) is 13.1. The summed E-state index contributed by atoms with van der Waals surface area (Å²) in [7, 11) is 0. The van der Waals surface area contributed by atoms with Crippen molar-refractivity contribution in [1.29, 1.82) is 0 Å². The zero-order valence-corrected chi connectivity index (χ0v) is 21.6. The van der Waals surface area contributed by atoms with E-state index in [2.05, 4.69) is 54.5 Å². The van der Waals surface area contributed by atoms with E-state index in [-0.39, 0.29) is 6.10 Å². The van der Waals surface area contributed by atoms with Crippen molar-refractivity contribution in [1.82, 2.24) is 0 Å². The first-order valence-corrected chi connectivity index (χ1v) is 13.6. The summed E-state index contributed by atoms with van der Waals surface area (Å²) in [5.74, 6) is 5.13. The molecule has 4 rings (SSSR count). The smallest absolute Gasteiger partial charge is 0.0577 e. The molecule has 1 N–H and O–H groups in total. The monoisotopic (exact) mass is 426 g/mol. The van der Waals surface area contributed by atoms with E-state index in [1.165, 1.54) is 51.4 Å². The third kappa shape index (κ3) is 4.00. The van der Waals surface area contributed by atoms with Gasteiger partial charge in [-0.3, -0.25) is 0 Å². The maximum atomic E-state index is 10.3. The topological polar surface area (TPSA) is 20.2 Å². The molecule has 0 spiro atoms. The van der Waals surface area contributed by atoms with Gasteiger partial charge in [-0.25, -0.2) is 0 Å². The van der Waals surface area contributed by atoms with E-state index < -0.39 is 0 Å². The molecule has 176 valence electrons. The van der Waals surface area contributed by atoms with E-state index in [4.69, 9.17) is 0 Å². The Morgan fingerprint density at radius 3 is 2.45 bits per heavy atom. The summed E-state index contributed by atoms with van der Waals surface area (Å²) in [6, 6.07) is 0. The second-order valence-electron chi connectivity index (χ2n) is 13.1. The Morgan fingerprint density at radius 1 is 1.03 bits per heavy atom. The summed E-state index contributed by atoms with van der Waals surface area (Å²) in [5.41, 5.74) is 5.80. The second kappa shape index (κ2) is 8.66. The van der Waals surface area contributed by atoms with Crippen molar-refractivity contribution in [3.63, 3.8) is 0 Å². The molecule has 0 unspecified atom stereocenters. The lowest BCUT2D eigenvalue weighted by atomic mass is 9.47. The van der Waals surface area contributed by atoms with Crippen LogP contribution in [0.3, 0.4) is 0 Å². The summed E-state index contributed by atoms with van der Waals surface area (Å²) in [4.78, 5) is 0. The molecule has 0 aromatic rings. The molecule has 0 aromatic carbocycles. The van der Waals surface area contributed by atoms with Crippen LogP contribution in [-0.4, -0.2) is 11.2 Å². The van der Waals surface area contributed by atoms with Crippen LogP contribution in [0.4, 0.5) is 0 Å². The molecule has 0 heterocycles. The standard InChI is InChI=1S/C30H50O/c1-19(2)24(20(3)4)10-8-21(5)26-12-13-27-25-11-9-22-18-23(31)14-16-29(22,6)28(25)15-17-30(26,27)7/h9,19,21,23,25-28,31H,8,10-18H2,1-7H3/t21-,23+,25+,26-,27+,28+,29+,30-/m1/s1. The molecular formula is C30H50O. The lowest BCUT2D eigenvalue weighted by Crippen LogP contribution is -2.50. The Hall–Kier alpha value is -0.560. The number of hydrogen-bond acceptors (Lipinski definition) is 1. The fourth-order valence-corrected chi connectivity index (χ4v) is 9.32. The third-order valence-corrected chi connectivity index (χ3v) is 11.0. The van der Waals surface area contributed by atoms with E-state index in [0.717, 1.165) is 42.4 Å². The predicted molar refractivity (Wildman–Crippen MR) is 133 cm³/mol. The molecule has 1 heteroatoms. The van der Waals surface area contributed by atoms with E-state index >= 15 is 0 Å². The lowest BCUT2D eigenvalue weighted by Gasteiger charge is -2.58. The molecule has 31 heavy (non-hydrogen) atoms. The largest absolute Gasteiger partial charge is 0.393 e. The van der Waals surface area contributed by atoms with Gasteiger partial charge in [-0.05, 0) is 124 Å². The highest BCUT2D eigenvalue weighted by Gasteiger charge is 2.59. The van der Waals surface area contributed by atoms with Gasteiger partial charge in [0.2, 0.25) is 0 Å². The van der Waals surface area contributed by atoms with E-state index in [1.807, 2.05) is 0 Å². The van der Waals surface area contributed by atoms with Gasteiger partial charge in [0.1, 0.15) is 0 Å². The minimum atomic E-state index is -0.0852. The van der Waals surface area contributed by atoms with Crippen LogP contribution in [0, 0.1) is 46.3 Å². The van der Waals surface area contributed by atoms with Gasteiger partial charge in [0.25, 0.3) is 0 Å². The number of fused-ring (bicyclic) bond motifs is 5. The molecule has 3 fully saturated rings. The molecule has 0 aliphatic heterocycles. The van der Waals surface area contributed by atoms with Crippen molar-refractivity contribution < 1.29 is 5.11 Å². The van der Waals surface area contributed by atoms with Gasteiger partial charge < -0.3 is 5.11 Å². The first-order chi connectivity index (χ1) is 14.6. The molecule has 0 saturated heterocycles. The summed E-state index contributed by atoms with van der Waals surface area (Å²) >= 11 is 0. The summed E-state index contributed by atoms with van der Waals surface area (Å²) in [6.45, 7) is 17.2. The lowest BCUT2D eigenvalue weighted by molar-refractivity contribution is -0.0571. The highest BCUT2D eigenvalue weighted by atomic mass is 16.3. The highest BCUT2D eigenvalue weighted by Crippen LogP contribution is 2.67. The number of allylic oxidation sites excluding steroid dienone is 3. The third-order valence-electron chi connectivity index (χ3n) is 11.0. The van der Waals surface area contributed by atoms with Crippen LogP contribution < -0.4 is 0 Å². The van der Waals surface area contributed by atoms with Crippen LogP contribution in [-0.2, 0) is 0 Å². The van der Waals surface area contributed by atoms with Crippen LogP contribution in [0.2, 0.25) is 0 Å². The highest BCUT2D eigenvalue weighted by molar-refractivity contribution is 5.25. The first kappa shape index (κ1) is 23.6. The summed E-state index contributed by atoms with van der Waals surface area (Å²) < 4.78 is 0. The van der Waals surface area contributed by atoms with Crippen molar-refractivity contribution >= 4 is 0 Å². The maximum Gasteiger partial charge on any atom is 0.0577 e. The molecule has 0 radical (unpaired) electrons. The maximum absolute atomic E-state index is 10.3.